The lowest BCUT2D eigenvalue weighted by Gasteiger charge is -2.53. The number of ether oxygens (including phenoxy) is 1. The quantitative estimate of drug-likeness (QED) is 0.671. The van der Waals surface area contributed by atoms with Crippen molar-refractivity contribution in [2.24, 2.45) is 5.41 Å². The van der Waals surface area contributed by atoms with Gasteiger partial charge in [-0.15, -0.1) is 0 Å². The summed E-state index contributed by atoms with van der Waals surface area (Å²) in [5, 5.41) is 3.88. The molecule has 6 nitrogen and oxygen atoms in total. The summed E-state index contributed by atoms with van der Waals surface area (Å²) in [5.41, 5.74) is 2.95. The highest BCUT2D eigenvalue weighted by Gasteiger charge is 2.45. The predicted octanol–water partition coefficient (Wildman–Crippen LogP) is 3.92. The van der Waals surface area contributed by atoms with Crippen molar-refractivity contribution < 1.29 is 14.3 Å². The Morgan fingerprint density at radius 3 is 2.53 bits per heavy atom. The summed E-state index contributed by atoms with van der Waals surface area (Å²) >= 11 is 0. The van der Waals surface area contributed by atoms with Gasteiger partial charge in [0, 0.05) is 48.4 Å². The predicted molar refractivity (Wildman–Crippen MR) is 116 cm³/mol. The number of pyridine rings is 1. The molecule has 1 aromatic heterocycles. The van der Waals surface area contributed by atoms with Crippen molar-refractivity contribution in [1.29, 1.82) is 0 Å². The van der Waals surface area contributed by atoms with Crippen LogP contribution in [0.25, 0.3) is 10.9 Å². The number of fused-ring (bicyclic) bond motifs is 1. The van der Waals surface area contributed by atoms with Crippen molar-refractivity contribution in [3.8, 4) is 0 Å². The fourth-order valence-corrected chi connectivity index (χ4v) is 4.39. The lowest BCUT2D eigenvalue weighted by atomic mass is 9.73. The van der Waals surface area contributed by atoms with E-state index in [1.165, 1.54) is 0 Å². The van der Waals surface area contributed by atoms with Crippen molar-refractivity contribution in [3.63, 3.8) is 0 Å². The third-order valence-electron chi connectivity index (χ3n) is 6.16. The molecule has 2 aromatic carbocycles. The second kappa shape index (κ2) is 7.54. The second-order valence-corrected chi connectivity index (χ2v) is 8.21. The van der Waals surface area contributed by atoms with Gasteiger partial charge in [0.25, 0.3) is 5.91 Å². The molecule has 1 amide bonds. The number of hydrogen-bond acceptors (Lipinski definition) is 5. The maximum Gasteiger partial charge on any atom is 0.259 e. The van der Waals surface area contributed by atoms with Gasteiger partial charge in [-0.25, -0.2) is 4.98 Å². The Balaban J connectivity index is 1.45. The maximum atomic E-state index is 13.2. The summed E-state index contributed by atoms with van der Waals surface area (Å²) in [6.07, 6.45) is 2.90. The van der Waals surface area contributed by atoms with Crippen molar-refractivity contribution in [2.75, 3.05) is 36.5 Å². The van der Waals surface area contributed by atoms with Gasteiger partial charge in [0.2, 0.25) is 0 Å². The van der Waals surface area contributed by atoms with Crippen LogP contribution in [0.1, 0.15) is 33.6 Å². The van der Waals surface area contributed by atoms with Gasteiger partial charge in [-0.1, -0.05) is 18.2 Å². The van der Waals surface area contributed by atoms with Crippen LogP contribution in [-0.2, 0) is 4.74 Å². The van der Waals surface area contributed by atoms with Crippen LogP contribution in [0.3, 0.4) is 0 Å². The third kappa shape index (κ3) is 3.44. The van der Waals surface area contributed by atoms with E-state index >= 15 is 0 Å². The van der Waals surface area contributed by atoms with Crippen molar-refractivity contribution in [3.05, 3.63) is 65.7 Å². The number of benzene rings is 2. The Labute approximate surface area is 174 Å². The standard InChI is InChI=1S/C24H23N3O3/c28-14-17-5-7-19(8-6-17)25-23(29)20-13-18-3-1-2-4-21(18)26-22(20)27-15-24(16-27)9-11-30-12-10-24/h1-8,13-14H,9-12,15-16H2,(H,25,29). The normalized spacial score (nSPS) is 17.5. The molecule has 1 N–H and O–H groups in total. The van der Waals surface area contributed by atoms with Crippen LogP contribution < -0.4 is 10.2 Å². The molecule has 1 spiro atoms. The molecule has 2 saturated heterocycles. The lowest BCUT2D eigenvalue weighted by Crippen LogP contribution is -2.59. The number of hydrogen-bond donors (Lipinski definition) is 1. The van der Waals surface area contributed by atoms with Crippen LogP contribution in [0.5, 0.6) is 0 Å². The fraction of sp³-hybridized carbons (Fsp3) is 0.292. The van der Waals surface area contributed by atoms with Crippen LogP contribution in [0.15, 0.2) is 54.6 Å². The smallest absolute Gasteiger partial charge is 0.259 e. The van der Waals surface area contributed by atoms with Crippen LogP contribution in [0, 0.1) is 5.41 Å². The SMILES string of the molecule is O=Cc1ccc(NC(=O)c2cc3ccccc3nc2N2CC3(CCOCC3)C2)cc1. The first-order valence-electron chi connectivity index (χ1n) is 10.2. The zero-order valence-electron chi connectivity index (χ0n) is 16.6. The Morgan fingerprint density at radius 2 is 1.80 bits per heavy atom. The number of aldehydes is 1. The average Bonchev–Trinajstić information content (AvgIpc) is 2.77. The molecule has 5 rings (SSSR count). The van der Waals surface area contributed by atoms with Gasteiger partial charge in [0.1, 0.15) is 12.1 Å². The second-order valence-electron chi connectivity index (χ2n) is 8.21. The van der Waals surface area contributed by atoms with Gasteiger partial charge in [-0.2, -0.15) is 0 Å². The van der Waals surface area contributed by atoms with Crippen LogP contribution >= 0.6 is 0 Å². The first kappa shape index (κ1) is 18.8. The molecular weight excluding hydrogens is 378 g/mol. The summed E-state index contributed by atoms with van der Waals surface area (Å²) in [7, 11) is 0. The number of para-hydroxylation sites is 1. The van der Waals surface area contributed by atoms with Gasteiger partial charge in [-0.3, -0.25) is 9.59 Å². The maximum absolute atomic E-state index is 13.2. The topological polar surface area (TPSA) is 71.5 Å². The van der Waals surface area contributed by atoms with E-state index in [2.05, 4.69) is 10.2 Å². The summed E-state index contributed by atoms with van der Waals surface area (Å²) in [4.78, 5) is 31.1. The average molecular weight is 401 g/mol. The lowest BCUT2D eigenvalue weighted by molar-refractivity contribution is -0.000490. The Kier molecular flexibility index (Phi) is 4.71. The minimum absolute atomic E-state index is 0.199. The highest BCUT2D eigenvalue weighted by Crippen LogP contribution is 2.42. The minimum atomic E-state index is -0.199. The van der Waals surface area contributed by atoms with Crippen molar-refractivity contribution in [2.45, 2.75) is 12.8 Å². The monoisotopic (exact) mass is 401 g/mol. The molecule has 30 heavy (non-hydrogen) atoms. The van der Waals surface area contributed by atoms with E-state index in [1.54, 1.807) is 24.3 Å². The summed E-state index contributed by atoms with van der Waals surface area (Å²) < 4.78 is 5.52. The molecular formula is C24H23N3O3. The number of carbonyl (C=O) groups is 2. The number of rotatable bonds is 4. The highest BCUT2D eigenvalue weighted by atomic mass is 16.5. The van der Waals surface area contributed by atoms with E-state index in [4.69, 9.17) is 9.72 Å². The van der Waals surface area contributed by atoms with E-state index in [1.807, 2.05) is 30.3 Å². The molecule has 6 heteroatoms. The number of anilines is 2. The molecule has 3 aromatic rings. The molecule has 2 aliphatic heterocycles. The molecule has 2 fully saturated rings. The zero-order chi connectivity index (χ0) is 20.6. The number of nitrogens with one attached hydrogen (secondary N) is 1. The Bertz CT molecular complexity index is 1100. The molecule has 0 bridgehead atoms. The fourth-order valence-electron chi connectivity index (χ4n) is 4.39. The van der Waals surface area contributed by atoms with Crippen LogP contribution in [0.2, 0.25) is 0 Å². The molecule has 0 atom stereocenters. The van der Waals surface area contributed by atoms with Crippen LogP contribution in [0.4, 0.5) is 11.5 Å². The van der Waals surface area contributed by atoms with Gasteiger partial charge < -0.3 is 15.0 Å². The molecule has 2 aliphatic rings. The molecule has 152 valence electrons. The minimum Gasteiger partial charge on any atom is -0.381 e. The van der Waals surface area contributed by atoms with Gasteiger partial charge >= 0.3 is 0 Å². The molecule has 3 heterocycles. The molecule has 0 aliphatic carbocycles. The van der Waals surface area contributed by atoms with E-state index in [9.17, 15) is 9.59 Å². The Hall–Kier alpha value is -3.25. The summed E-state index contributed by atoms with van der Waals surface area (Å²) in [6.45, 7) is 3.41. The number of amides is 1. The van der Waals surface area contributed by atoms with E-state index in [-0.39, 0.29) is 11.3 Å². The third-order valence-corrected chi connectivity index (χ3v) is 6.16. The van der Waals surface area contributed by atoms with Gasteiger partial charge in [0.05, 0.1) is 11.1 Å². The first-order valence-corrected chi connectivity index (χ1v) is 10.2. The van der Waals surface area contributed by atoms with E-state index in [0.717, 1.165) is 62.2 Å². The number of nitrogens with zero attached hydrogens (tertiary/aromatic N) is 2. The number of aromatic nitrogens is 1. The largest absolute Gasteiger partial charge is 0.381 e. The zero-order valence-corrected chi connectivity index (χ0v) is 16.6. The summed E-state index contributed by atoms with van der Waals surface area (Å²) in [5.74, 6) is 0.530. The van der Waals surface area contributed by atoms with Gasteiger partial charge in [0.15, 0.2) is 0 Å². The van der Waals surface area contributed by atoms with Crippen molar-refractivity contribution in [1.82, 2.24) is 4.98 Å². The van der Waals surface area contributed by atoms with E-state index < -0.39 is 0 Å². The van der Waals surface area contributed by atoms with Crippen LogP contribution in [-0.4, -0.2) is 43.5 Å². The van der Waals surface area contributed by atoms with Gasteiger partial charge in [-0.05, 0) is 49.2 Å². The summed E-state index contributed by atoms with van der Waals surface area (Å²) in [6, 6.07) is 16.6. The molecule has 0 radical (unpaired) electrons. The number of carbonyl (C=O) groups excluding carboxylic acids is 2. The first-order chi connectivity index (χ1) is 14.7. The van der Waals surface area contributed by atoms with Crippen molar-refractivity contribution >= 4 is 34.6 Å². The highest BCUT2D eigenvalue weighted by molar-refractivity contribution is 6.09. The van der Waals surface area contributed by atoms with E-state index in [0.29, 0.717) is 16.8 Å². The molecule has 0 saturated carbocycles. The molecule has 0 unspecified atom stereocenters. The Morgan fingerprint density at radius 1 is 1.07 bits per heavy atom.